The lowest BCUT2D eigenvalue weighted by Gasteiger charge is -2.25. The molecule has 1 aromatic carbocycles. The van der Waals surface area contributed by atoms with Gasteiger partial charge in [-0.2, -0.15) is 10.6 Å². The highest BCUT2D eigenvalue weighted by Gasteiger charge is 2.37. The number of amides is 1. The summed E-state index contributed by atoms with van der Waals surface area (Å²) in [4.78, 5) is 20.6. The SMILES string of the molecule is O=C(N[C@@H]1CS(O)(O)C[C@H]1O)c1ccc2cc(Oc3ccc(C(F)F)cn3)ccc2n1. The Morgan fingerprint density at radius 3 is 2.61 bits per heavy atom. The zero-order valence-electron chi connectivity index (χ0n) is 16.0. The number of benzene rings is 1. The Morgan fingerprint density at radius 1 is 1.16 bits per heavy atom. The Balaban J connectivity index is 1.47. The van der Waals surface area contributed by atoms with Crippen molar-refractivity contribution < 1.29 is 32.5 Å². The van der Waals surface area contributed by atoms with E-state index in [4.69, 9.17) is 4.74 Å². The molecule has 0 spiro atoms. The number of rotatable bonds is 5. The lowest BCUT2D eigenvalue weighted by Crippen LogP contribution is -2.42. The number of fused-ring (bicyclic) bond motifs is 1. The summed E-state index contributed by atoms with van der Waals surface area (Å²) in [6.07, 6.45) is -2.58. The van der Waals surface area contributed by atoms with E-state index in [0.29, 0.717) is 16.7 Å². The predicted octanol–water partition coefficient (Wildman–Crippen LogP) is 3.58. The van der Waals surface area contributed by atoms with Crippen molar-refractivity contribution in [1.82, 2.24) is 15.3 Å². The molecule has 4 N–H and O–H groups in total. The minimum Gasteiger partial charge on any atom is -0.439 e. The second kappa shape index (κ2) is 8.35. The molecule has 0 radical (unpaired) electrons. The van der Waals surface area contributed by atoms with Crippen LogP contribution in [0.5, 0.6) is 11.6 Å². The first-order chi connectivity index (χ1) is 14.7. The average Bonchev–Trinajstić information content (AvgIpc) is 2.99. The van der Waals surface area contributed by atoms with Crippen molar-refractivity contribution in [1.29, 1.82) is 0 Å². The molecule has 3 aromatic rings. The van der Waals surface area contributed by atoms with Crippen LogP contribution >= 0.6 is 10.6 Å². The van der Waals surface area contributed by atoms with Crippen LogP contribution in [0.1, 0.15) is 22.5 Å². The molecule has 3 heterocycles. The molecule has 0 aliphatic carbocycles. The molecule has 2 aromatic heterocycles. The Morgan fingerprint density at radius 2 is 1.97 bits per heavy atom. The van der Waals surface area contributed by atoms with E-state index in [9.17, 15) is 27.8 Å². The second-order valence-corrected chi connectivity index (χ2v) is 9.44. The molecule has 0 saturated carbocycles. The predicted molar refractivity (Wildman–Crippen MR) is 111 cm³/mol. The highest BCUT2D eigenvalue weighted by molar-refractivity contribution is 8.24. The van der Waals surface area contributed by atoms with Gasteiger partial charge in [0.1, 0.15) is 11.4 Å². The Bertz CT molecular complexity index is 1110. The van der Waals surface area contributed by atoms with Gasteiger partial charge in [-0.3, -0.25) is 13.9 Å². The molecular weight excluding hydrogens is 432 g/mol. The van der Waals surface area contributed by atoms with Crippen LogP contribution in [0.4, 0.5) is 8.78 Å². The molecule has 2 atom stereocenters. The summed E-state index contributed by atoms with van der Waals surface area (Å²) >= 11 is 0. The summed E-state index contributed by atoms with van der Waals surface area (Å²) < 4.78 is 50.2. The van der Waals surface area contributed by atoms with Crippen molar-refractivity contribution in [2.45, 2.75) is 18.6 Å². The quantitative estimate of drug-likeness (QED) is 0.467. The molecule has 164 valence electrons. The van der Waals surface area contributed by atoms with Gasteiger partial charge in [-0.05, 0) is 30.3 Å². The normalized spacial score (nSPS) is 21.2. The van der Waals surface area contributed by atoms with E-state index < -0.39 is 35.1 Å². The fourth-order valence-corrected chi connectivity index (χ4v) is 5.03. The highest BCUT2D eigenvalue weighted by atomic mass is 32.3. The van der Waals surface area contributed by atoms with Gasteiger partial charge in [0.15, 0.2) is 0 Å². The van der Waals surface area contributed by atoms with Crippen LogP contribution in [0, 0.1) is 0 Å². The van der Waals surface area contributed by atoms with Gasteiger partial charge >= 0.3 is 0 Å². The molecule has 1 aliphatic heterocycles. The number of aromatic nitrogens is 2. The topological polar surface area (TPSA) is 125 Å². The van der Waals surface area contributed by atoms with Gasteiger partial charge in [0.2, 0.25) is 5.88 Å². The zero-order valence-corrected chi connectivity index (χ0v) is 16.8. The maximum atomic E-state index is 12.6. The van der Waals surface area contributed by atoms with Gasteiger partial charge in [0.25, 0.3) is 12.3 Å². The Hall–Kier alpha value is -2.86. The number of hydrogen-bond donors (Lipinski definition) is 4. The van der Waals surface area contributed by atoms with Crippen molar-refractivity contribution >= 4 is 27.4 Å². The minimum absolute atomic E-state index is 0.0967. The first-order valence-electron chi connectivity index (χ1n) is 9.25. The molecular formula is C20H19F2N3O5S. The number of hydrogen-bond acceptors (Lipinski definition) is 7. The molecule has 1 amide bonds. The molecule has 1 saturated heterocycles. The lowest BCUT2D eigenvalue weighted by molar-refractivity contribution is 0.0884. The molecule has 31 heavy (non-hydrogen) atoms. The summed E-state index contributed by atoms with van der Waals surface area (Å²) in [6, 6.07) is 9.90. The highest BCUT2D eigenvalue weighted by Crippen LogP contribution is 2.45. The molecule has 1 fully saturated rings. The fourth-order valence-electron chi connectivity index (χ4n) is 3.23. The number of alkyl halides is 2. The summed E-state index contributed by atoms with van der Waals surface area (Å²) in [5, 5.41) is 13.2. The number of aliphatic hydroxyl groups is 1. The van der Waals surface area contributed by atoms with Crippen LogP contribution in [-0.4, -0.2) is 53.7 Å². The largest absolute Gasteiger partial charge is 0.439 e. The summed E-state index contributed by atoms with van der Waals surface area (Å²) in [7, 11) is -2.89. The van der Waals surface area contributed by atoms with E-state index in [1.165, 1.54) is 18.2 Å². The maximum absolute atomic E-state index is 12.6. The van der Waals surface area contributed by atoms with E-state index in [2.05, 4.69) is 15.3 Å². The third-order valence-electron chi connectivity index (χ3n) is 4.79. The van der Waals surface area contributed by atoms with Crippen molar-refractivity contribution in [3.05, 3.63) is 59.9 Å². The monoisotopic (exact) mass is 451 g/mol. The van der Waals surface area contributed by atoms with Gasteiger partial charge in [-0.15, -0.1) is 0 Å². The van der Waals surface area contributed by atoms with E-state index >= 15 is 0 Å². The number of carbonyl (C=O) groups excluding carboxylic acids is 1. The maximum Gasteiger partial charge on any atom is 0.270 e. The van der Waals surface area contributed by atoms with E-state index in [1.54, 1.807) is 24.3 Å². The number of carbonyl (C=O) groups is 1. The molecule has 11 heteroatoms. The number of nitrogens with zero attached hydrogens (tertiary/aromatic N) is 2. The third-order valence-corrected chi connectivity index (χ3v) is 6.56. The Labute approximate surface area is 177 Å². The molecule has 4 rings (SSSR count). The van der Waals surface area contributed by atoms with E-state index in [0.717, 1.165) is 6.20 Å². The fraction of sp³-hybridized carbons (Fsp3) is 0.250. The van der Waals surface area contributed by atoms with E-state index in [1.807, 2.05) is 0 Å². The standard InChI is InChI=1S/C20H19F2N3O5S/c21-19(22)12-2-6-18(23-8-12)30-13-3-5-14-11(7-13)1-4-15(24-14)20(27)25-16-9-31(28,29)10-17(16)26/h1-8,16-17,19,26,28-29H,9-10H2,(H,25,27)/t16-,17-/m1/s1. The number of pyridine rings is 2. The number of nitrogens with one attached hydrogen (secondary N) is 1. The summed E-state index contributed by atoms with van der Waals surface area (Å²) in [6.45, 7) is 0. The van der Waals surface area contributed by atoms with Gasteiger partial charge < -0.3 is 15.2 Å². The van der Waals surface area contributed by atoms with Crippen molar-refractivity contribution in [3.63, 3.8) is 0 Å². The third kappa shape index (κ3) is 4.90. The van der Waals surface area contributed by atoms with Gasteiger partial charge in [-0.1, -0.05) is 6.07 Å². The molecule has 1 aliphatic rings. The minimum atomic E-state index is -2.89. The van der Waals surface area contributed by atoms with Gasteiger partial charge in [0.05, 0.1) is 29.2 Å². The van der Waals surface area contributed by atoms with E-state index in [-0.39, 0.29) is 28.6 Å². The smallest absolute Gasteiger partial charge is 0.270 e. The Kier molecular flexibility index (Phi) is 5.75. The molecule has 0 bridgehead atoms. The van der Waals surface area contributed by atoms with Gasteiger partial charge in [0, 0.05) is 23.2 Å². The van der Waals surface area contributed by atoms with Crippen molar-refractivity contribution in [3.8, 4) is 11.6 Å². The van der Waals surface area contributed by atoms with Crippen LogP contribution in [-0.2, 0) is 0 Å². The number of aliphatic hydroxyl groups excluding tert-OH is 1. The molecule has 8 nitrogen and oxygen atoms in total. The first-order valence-corrected chi connectivity index (χ1v) is 11.1. The number of halogens is 2. The number of ether oxygens (including phenoxy) is 1. The average molecular weight is 451 g/mol. The lowest BCUT2D eigenvalue weighted by atomic mass is 10.1. The second-order valence-electron chi connectivity index (χ2n) is 7.17. The van der Waals surface area contributed by atoms with Crippen LogP contribution < -0.4 is 10.1 Å². The van der Waals surface area contributed by atoms with Gasteiger partial charge in [-0.25, -0.2) is 18.7 Å². The summed E-state index contributed by atoms with van der Waals surface area (Å²) in [5.74, 6) is -0.213. The van der Waals surface area contributed by atoms with Crippen LogP contribution in [0.25, 0.3) is 10.9 Å². The zero-order chi connectivity index (χ0) is 22.2. The van der Waals surface area contributed by atoms with Crippen molar-refractivity contribution in [2.75, 3.05) is 11.5 Å². The molecule has 0 unspecified atom stereocenters. The van der Waals surface area contributed by atoms with Crippen LogP contribution in [0.15, 0.2) is 48.7 Å². The first kappa shape index (κ1) is 21.4. The van der Waals surface area contributed by atoms with Crippen molar-refractivity contribution in [2.24, 2.45) is 0 Å². The van der Waals surface area contributed by atoms with Crippen LogP contribution in [0.3, 0.4) is 0 Å². The summed E-state index contributed by atoms with van der Waals surface area (Å²) in [5.41, 5.74) is 0.425. The van der Waals surface area contributed by atoms with Crippen LogP contribution in [0.2, 0.25) is 0 Å².